The van der Waals surface area contributed by atoms with Gasteiger partial charge in [0.05, 0.1) is 11.2 Å². The van der Waals surface area contributed by atoms with Crippen molar-refractivity contribution in [3.63, 3.8) is 0 Å². The maximum Gasteiger partial charge on any atom is 0.339 e. The lowest BCUT2D eigenvalue weighted by molar-refractivity contribution is 0.0697. The molecule has 0 aliphatic rings. The van der Waals surface area contributed by atoms with Gasteiger partial charge in [0.1, 0.15) is 5.56 Å². The average Bonchev–Trinajstić information content (AvgIpc) is 2.38. The second-order valence-corrected chi connectivity index (χ2v) is 4.45. The number of benzene rings is 1. The minimum absolute atomic E-state index is 0. The first-order chi connectivity index (χ1) is 9.13. The summed E-state index contributed by atoms with van der Waals surface area (Å²) in [6.45, 7) is 0.515. The van der Waals surface area contributed by atoms with Gasteiger partial charge in [0, 0.05) is 29.8 Å². The third kappa shape index (κ3) is 3.50. The van der Waals surface area contributed by atoms with Crippen LogP contribution in [0.4, 0.5) is 5.69 Å². The number of fused-ring (bicyclic) bond motifs is 1. The van der Waals surface area contributed by atoms with Gasteiger partial charge in [-0.25, -0.2) is 4.79 Å². The number of aromatic nitrogens is 1. The van der Waals surface area contributed by atoms with Crippen molar-refractivity contribution in [1.29, 1.82) is 0 Å². The number of carboxylic acid groups (broad SMARTS) is 1. The van der Waals surface area contributed by atoms with E-state index < -0.39 is 5.97 Å². The number of carboxylic acids is 1. The Bertz CT molecular complexity index is 620. The van der Waals surface area contributed by atoms with Crippen molar-refractivity contribution in [3.8, 4) is 0 Å². The van der Waals surface area contributed by atoms with E-state index in [1.165, 1.54) is 6.20 Å². The minimum atomic E-state index is -1.05. The van der Waals surface area contributed by atoms with Crippen molar-refractivity contribution in [2.45, 2.75) is 6.42 Å². The van der Waals surface area contributed by atoms with Crippen LogP contribution in [-0.4, -0.2) is 34.3 Å². The molecule has 0 aliphatic carbocycles. The maximum atomic E-state index is 11.2. The zero-order valence-corrected chi connectivity index (χ0v) is 12.0. The SMILES string of the molecule is Cl.O=C(O)c1cnc2ccc(Cl)cc2c1NCCCO. The standard InChI is InChI=1S/C13H13ClN2O3.ClH/c14-8-2-3-11-9(6-8)12(15-4-1-5-17)10(7-16-11)13(18)19;/h2-3,6-7,17H,1,4-5H2,(H,15,16)(H,18,19);1H. The molecule has 20 heavy (non-hydrogen) atoms. The van der Waals surface area contributed by atoms with Gasteiger partial charge in [-0.1, -0.05) is 11.6 Å². The molecule has 5 nitrogen and oxygen atoms in total. The minimum Gasteiger partial charge on any atom is -0.478 e. The summed E-state index contributed by atoms with van der Waals surface area (Å²) >= 11 is 5.94. The molecule has 0 aliphatic heterocycles. The monoisotopic (exact) mass is 316 g/mol. The number of nitrogens with zero attached hydrogens (tertiary/aromatic N) is 1. The molecule has 0 atom stereocenters. The highest BCUT2D eigenvalue weighted by atomic mass is 35.5. The van der Waals surface area contributed by atoms with Gasteiger partial charge in [0.2, 0.25) is 0 Å². The number of rotatable bonds is 5. The van der Waals surface area contributed by atoms with Crippen LogP contribution in [0, 0.1) is 0 Å². The molecule has 0 radical (unpaired) electrons. The zero-order chi connectivity index (χ0) is 13.8. The second-order valence-electron chi connectivity index (χ2n) is 4.02. The molecule has 1 aromatic heterocycles. The Morgan fingerprint density at radius 1 is 1.40 bits per heavy atom. The molecule has 0 bridgehead atoms. The number of carbonyl (C=O) groups is 1. The van der Waals surface area contributed by atoms with Crippen molar-refractivity contribution < 1.29 is 15.0 Å². The van der Waals surface area contributed by atoms with Crippen LogP contribution in [0.5, 0.6) is 0 Å². The summed E-state index contributed by atoms with van der Waals surface area (Å²) in [5.41, 5.74) is 1.24. The summed E-state index contributed by atoms with van der Waals surface area (Å²) in [6.07, 6.45) is 1.85. The van der Waals surface area contributed by atoms with Crippen LogP contribution in [0.1, 0.15) is 16.8 Å². The molecule has 3 N–H and O–H groups in total. The van der Waals surface area contributed by atoms with E-state index >= 15 is 0 Å². The number of hydrogen-bond donors (Lipinski definition) is 3. The van der Waals surface area contributed by atoms with E-state index in [-0.39, 0.29) is 24.6 Å². The summed E-state index contributed by atoms with van der Waals surface area (Å²) in [4.78, 5) is 15.3. The molecule has 1 heterocycles. The Hall–Kier alpha value is -1.56. The van der Waals surface area contributed by atoms with Crippen molar-refractivity contribution in [2.24, 2.45) is 0 Å². The molecule has 7 heteroatoms. The molecular weight excluding hydrogens is 303 g/mol. The molecule has 108 valence electrons. The molecule has 2 aromatic rings. The number of pyridine rings is 1. The maximum absolute atomic E-state index is 11.2. The van der Waals surface area contributed by atoms with Gasteiger partial charge < -0.3 is 15.5 Å². The topological polar surface area (TPSA) is 82.5 Å². The van der Waals surface area contributed by atoms with Gasteiger partial charge in [0.25, 0.3) is 0 Å². The first-order valence-electron chi connectivity index (χ1n) is 5.80. The summed E-state index contributed by atoms with van der Waals surface area (Å²) in [5.74, 6) is -1.05. The van der Waals surface area contributed by atoms with Gasteiger partial charge in [-0.2, -0.15) is 0 Å². The highest BCUT2D eigenvalue weighted by Crippen LogP contribution is 2.28. The molecule has 0 unspecified atom stereocenters. The van der Waals surface area contributed by atoms with Crippen LogP contribution in [0.25, 0.3) is 10.9 Å². The quantitative estimate of drug-likeness (QED) is 0.739. The number of anilines is 1. The number of aromatic carboxylic acids is 1. The third-order valence-electron chi connectivity index (χ3n) is 2.70. The van der Waals surface area contributed by atoms with Gasteiger partial charge in [-0.05, 0) is 24.6 Å². The normalized spacial score (nSPS) is 10.1. The van der Waals surface area contributed by atoms with Crippen LogP contribution in [0.3, 0.4) is 0 Å². The van der Waals surface area contributed by atoms with Gasteiger partial charge >= 0.3 is 5.97 Å². The highest BCUT2D eigenvalue weighted by Gasteiger charge is 2.14. The van der Waals surface area contributed by atoms with Crippen LogP contribution in [-0.2, 0) is 0 Å². The smallest absolute Gasteiger partial charge is 0.339 e. The summed E-state index contributed by atoms with van der Waals surface area (Å²) in [5, 5.41) is 22.2. The van der Waals surface area contributed by atoms with Crippen LogP contribution in [0.15, 0.2) is 24.4 Å². The zero-order valence-electron chi connectivity index (χ0n) is 10.5. The second kappa shape index (κ2) is 7.28. The fourth-order valence-corrected chi connectivity index (χ4v) is 1.98. The summed E-state index contributed by atoms with van der Waals surface area (Å²) < 4.78 is 0. The lowest BCUT2D eigenvalue weighted by Gasteiger charge is -2.12. The number of aliphatic hydroxyl groups excluding tert-OH is 1. The number of halogens is 2. The predicted octanol–water partition coefficient (Wildman–Crippen LogP) is 2.80. The Morgan fingerprint density at radius 2 is 2.15 bits per heavy atom. The van der Waals surface area contributed by atoms with E-state index in [2.05, 4.69) is 10.3 Å². The summed E-state index contributed by atoms with van der Waals surface area (Å²) in [6, 6.07) is 5.12. The fourth-order valence-electron chi connectivity index (χ4n) is 1.81. The molecule has 0 saturated carbocycles. The first-order valence-corrected chi connectivity index (χ1v) is 6.17. The Labute approximate surface area is 127 Å². The first kappa shape index (κ1) is 16.5. The largest absolute Gasteiger partial charge is 0.478 e. The molecule has 0 saturated heterocycles. The van der Waals surface area contributed by atoms with E-state index in [4.69, 9.17) is 16.7 Å². The lowest BCUT2D eigenvalue weighted by Crippen LogP contribution is -2.10. The highest BCUT2D eigenvalue weighted by molar-refractivity contribution is 6.31. The van der Waals surface area contributed by atoms with Crippen LogP contribution in [0.2, 0.25) is 5.02 Å². The van der Waals surface area contributed by atoms with Crippen molar-refractivity contribution in [2.75, 3.05) is 18.5 Å². The van der Waals surface area contributed by atoms with Gasteiger partial charge in [-0.15, -0.1) is 12.4 Å². The summed E-state index contributed by atoms with van der Waals surface area (Å²) in [7, 11) is 0. The van der Waals surface area contributed by atoms with Crippen LogP contribution < -0.4 is 5.32 Å². The number of aliphatic hydroxyl groups is 1. The van der Waals surface area contributed by atoms with Crippen molar-refractivity contribution in [1.82, 2.24) is 4.98 Å². The Balaban J connectivity index is 0.00000200. The van der Waals surface area contributed by atoms with Gasteiger partial charge in [0.15, 0.2) is 0 Å². The number of hydrogen-bond acceptors (Lipinski definition) is 4. The molecule has 1 aromatic carbocycles. The van der Waals surface area contributed by atoms with Gasteiger partial charge in [-0.3, -0.25) is 4.98 Å². The van der Waals surface area contributed by atoms with E-state index in [0.29, 0.717) is 34.6 Å². The van der Waals surface area contributed by atoms with Crippen LogP contribution >= 0.6 is 24.0 Å². The van der Waals surface area contributed by atoms with E-state index in [1.54, 1.807) is 18.2 Å². The third-order valence-corrected chi connectivity index (χ3v) is 2.93. The lowest BCUT2D eigenvalue weighted by atomic mass is 10.1. The number of nitrogens with one attached hydrogen (secondary N) is 1. The molecule has 0 fully saturated rings. The Kier molecular flexibility index (Phi) is 6.01. The molecule has 0 spiro atoms. The van der Waals surface area contributed by atoms with E-state index in [9.17, 15) is 9.90 Å². The van der Waals surface area contributed by atoms with E-state index in [1.807, 2.05) is 0 Å². The van der Waals surface area contributed by atoms with Crippen molar-refractivity contribution >= 4 is 46.6 Å². The fraction of sp³-hybridized carbons (Fsp3) is 0.231. The molecular formula is C13H14Cl2N2O3. The average molecular weight is 317 g/mol. The van der Waals surface area contributed by atoms with E-state index in [0.717, 1.165) is 0 Å². The predicted molar refractivity (Wildman–Crippen MR) is 81.2 cm³/mol. The molecule has 2 rings (SSSR count). The molecule has 0 amide bonds. The van der Waals surface area contributed by atoms with Crippen molar-refractivity contribution in [3.05, 3.63) is 35.0 Å². The Morgan fingerprint density at radius 3 is 2.80 bits per heavy atom.